The summed E-state index contributed by atoms with van der Waals surface area (Å²) >= 11 is 0. The molecule has 3 aromatic rings. The van der Waals surface area contributed by atoms with Crippen molar-refractivity contribution in [3.63, 3.8) is 0 Å². The Morgan fingerprint density at radius 2 is 1.40 bits per heavy atom. The van der Waals surface area contributed by atoms with Gasteiger partial charge in [0.2, 0.25) is 21.7 Å². The molecule has 0 aromatic heterocycles. The van der Waals surface area contributed by atoms with Gasteiger partial charge in [-0.2, -0.15) is 4.31 Å². The number of nitrogens with zero attached hydrogens (tertiary/aromatic N) is 2. The molecule has 0 heterocycles. The van der Waals surface area contributed by atoms with Crippen molar-refractivity contribution >= 4 is 27.6 Å². The van der Waals surface area contributed by atoms with Crippen LogP contribution in [0.1, 0.15) is 73.4 Å². The second-order valence-corrected chi connectivity index (χ2v) is 13.3. The van der Waals surface area contributed by atoms with Crippen molar-refractivity contribution in [3.8, 4) is 5.75 Å². The summed E-state index contributed by atoms with van der Waals surface area (Å²) in [5.74, 6) is -15.5. The van der Waals surface area contributed by atoms with Gasteiger partial charge in [-0.3, -0.25) is 4.79 Å². The first kappa shape index (κ1) is 33.8. The van der Waals surface area contributed by atoms with E-state index < -0.39 is 72.7 Å². The van der Waals surface area contributed by atoms with Crippen LogP contribution in [0.25, 0.3) is 0 Å². The molecule has 1 fully saturated rings. The average molecular weight is 655 g/mol. The van der Waals surface area contributed by atoms with Gasteiger partial charge in [0.15, 0.2) is 28.2 Å². The highest BCUT2D eigenvalue weighted by Gasteiger charge is 2.46. The fraction of sp³-hybridized carbons (Fsp3) is 0.355. The van der Waals surface area contributed by atoms with E-state index in [0.717, 1.165) is 69.2 Å². The molecule has 0 bridgehead atoms. The smallest absolute Gasteiger partial charge is 0.339 e. The van der Waals surface area contributed by atoms with Gasteiger partial charge in [0.05, 0.1) is 6.54 Å². The molecule has 3 aromatic carbocycles. The van der Waals surface area contributed by atoms with Crippen molar-refractivity contribution < 1.29 is 50.2 Å². The maximum absolute atomic E-state index is 14.6. The van der Waals surface area contributed by atoms with E-state index in [4.69, 9.17) is 0 Å². The number of amides is 1. The van der Waals surface area contributed by atoms with Crippen LogP contribution in [0.4, 0.5) is 27.6 Å². The van der Waals surface area contributed by atoms with E-state index >= 15 is 0 Å². The highest BCUT2D eigenvalue weighted by atomic mass is 32.2. The van der Waals surface area contributed by atoms with Crippen molar-refractivity contribution in [3.05, 3.63) is 88.2 Å². The first-order chi connectivity index (χ1) is 21.0. The zero-order chi connectivity index (χ0) is 33.4. The molecule has 1 amide bonds. The van der Waals surface area contributed by atoms with Gasteiger partial charge in [0, 0.05) is 18.8 Å². The Morgan fingerprint density at radius 3 is 1.91 bits per heavy atom. The third-order valence-corrected chi connectivity index (χ3v) is 10.3. The monoisotopic (exact) mass is 654 g/mol. The molecule has 0 radical (unpaired) electrons. The van der Waals surface area contributed by atoms with Crippen LogP contribution in [0.2, 0.25) is 0 Å². The number of carboxylic acid groups (broad SMARTS) is 1. The van der Waals surface area contributed by atoms with E-state index in [-0.39, 0.29) is 16.5 Å². The third-order valence-electron chi connectivity index (χ3n) is 8.26. The number of sulfonamides is 1. The lowest BCUT2D eigenvalue weighted by molar-refractivity contribution is -0.126. The molecule has 1 aliphatic carbocycles. The second-order valence-electron chi connectivity index (χ2n) is 11.4. The third kappa shape index (κ3) is 6.39. The lowest BCUT2D eigenvalue weighted by atomic mass is 9.84. The molecule has 2 N–H and O–H groups in total. The normalized spacial score (nSPS) is 14.5. The number of rotatable bonds is 9. The Morgan fingerprint density at radius 1 is 0.867 bits per heavy atom. The largest absolute Gasteiger partial charge is 0.507 e. The van der Waals surface area contributed by atoms with Crippen LogP contribution >= 0.6 is 0 Å². The lowest BCUT2D eigenvalue weighted by Crippen LogP contribution is -2.56. The minimum atomic E-state index is -5.54. The Kier molecular flexibility index (Phi) is 9.59. The average Bonchev–Trinajstić information content (AvgIpc) is 3.01. The van der Waals surface area contributed by atoms with Crippen molar-refractivity contribution in [1.82, 2.24) is 4.31 Å². The van der Waals surface area contributed by atoms with Crippen LogP contribution < -0.4 is 4.90 Å². The first-order valence-electron chi connectivity index (χ1n) is 14.0. The predicted octanol–water partition coefficient (Wildman–Crippen LogP) is 6.47. The maximum Gasteiger partial charge on any atom is 0.339 e. The van der Waals surface area contributed by atoms with Crippen molar-refractivity contribution in [1.29, 1.82) is 0 Å². The van der Waals surface area contributed by atoms with Gasteiger partial charge in [0.25, 0.3) is 0 Å². The number of carboxylic acids is 1. The lowest BCUT2D eigenvalue weighted by Gasteiger charge is -2.38. The van der Waals surface area contributed by atoms with Gasteiger partial charge in [-0.15, -0.1) is 0 Å². The van der Waals surface area contributed by atoms with E-state index in [0.29, 0.717) is 11.5 Å². The number of carbonyl (C=O) groups excluding carboxylic acids is 1. The molecule has 45 heavy (non-hydrogen) atoms. The number of aromatic hydroxyl groups is 1. The molecule has 0 saturated heterocycles. The molecular weight excluding hydrogens is 623 g/mol. The Bertz CT molecular complexity index is 1710. The van der Waals surface area contributed by atoms with E-state index in [2.05, 4.69) is 0 Å². The van der Waals surface area contributed by atoms with Gasteiger partial charge in [-0.05, 0) is 55.9 Å². The highest BCUT2D eigenvalue weighted by molar-refractivity contribution is 7.89. The Hall–Kier alpha value is -4.04. The van der Waals surface area contributed by atoms with Gasteiger partial charge < -0.3 is 15.1 Å². The SMILES string of the molecule is CN(C(C)(C)C(=O)N(Cc1ccc(C2CCCCC2)cc1)c1ccc(C(=O)O)c(O)c1)S(=O)(=O)c1c(F)c(F)c(F)c(F)c1F. The zero-order valence-corrected chi connectivity index (χ0v) is 25.4. The van der Waals surface area contributed by atoms with Gasteiger partial charge in [0.1, 0.15) is 16.9 Å². The molecular formula is C31H31F5N2O6S. The zero-order valence-electron chi connectivity index (χ0n) is 24.6. The summed E-state index contributed by atoms with van der Waals surface area (Å²) < 4.78 is 97.5. The minimum Gasteiger partial charge on any atom is -0.507 e. The molecule has 242 valence electrons. The van der Waals surface area contributed by atoms with E-state index in [1.165, 1.54) is 12.5 Å². The Balaban J connectivity index is 1.76. The summed E-state index contributed by atoms with van der Waals surface area (Å²) in [4.78, 5) is 24.5. The van der Waals surface area contributed by atoms with Crippen LogP contribution in [0.5, 0.6) is 5.75 Å². The van der Waals surface area contributed by atoms with E-state index in [1.54, 1.807) is 12.1 Å². The van der Waals surface area contributed by atoms with Crippen LogP contribution in [-0.4, -0.2) is 47.4 Å². The van der Waals surface area contributed by atoms with Gasteiger partial charge >= 0.3 is 5.97 Å². The van der Waals surface area contributed by atoms with Crippen LogP contribution in [0.3, 0.4) is 0 Å². The first-order valence-corrected chi connectivity index (χ1v) is 15.4. The molecule has 0 atom stereocenters. The fourth-order valence-electron chi connectivity index (χ4n) is 5.38. The van der Waals surface area contributed by atoms with Crippen LogP contribution in [0, 0.1) is 29.1 Å². The van der Waals surface area contributed by atoms with Crippen molar-refractivity contribution in [2.75, 3.05) is 11.9 Å². The van der Waals surface area contributed by atoms with Gasteiger partial charge in [-0.25, -0.2) is 35.2 Å². The number of benzene rings is 3. The molecule has 1 aliphatic rings. The minimum absolute atomic E-state index is 0.0611. The van der Waals surface area contributed by atoms with E-state index in [1.807, 2.05) is 12.1 Å². The molecule has 0 spiro atoms. The topological polar surface area (TPSA) is 115 Å². The fourth-order valence-corrected chi connectivity index (χ4v) is 6.96. The Labute approximate surface area is 256 Å². The number of hydrogen-bond donors (Lipinski definition) is 2. The summed E-state index contributed by atoms with van der Waals surface area (Å²) in [5, 5.41) is 19.7. The number of anilines is 1. The predicted molar refractivity (Wildman–Crippen MR) is 154 cm³/mol. The number of likely N-dealkylation sites (N-methyl/N-ethyl adjacent to an activating group) is 1. The van der Waals surface area contributed by atoms with Crippen molar-refractivity contribution in [2.24, 2.45) is 0 Å². The van der Waals surface area contributed by atoms with Crippen LogP contribution in [-0.2, 0) is 21.4 Å². The summed E-state index contributed by atoms with van der Waals surface area (Å²) in [6.07, 6.45) is 5.47. The number of halogens is 5. The standard InChI is InChI=1S/C31H31F5N2O6S/c1-31(2,37(3)45(43,44)28-26(35)24(33)23(32)25(34)27(28)36)30(42)38(20-13-14-21(29(40)41)22(39)15-20)16-17-9-11-19(12-10-17)18-7-5-4-6-8-18/h9-15,18,39H,4-8,16H2,1-3H3,(H,40,41). The summed E-state index contributed by atoms with van der Waals surface area (Å²) in [6, 6.07) is 10.5. The highest BCUT2D eigenvalue weighted by Crippen LogP contribution is 2.36. The number of phenols is 1. The molecule has 1 saturated carbocycles. The van der Waals surface area contributed by atoms with E-state index in [9.17, 15) is 50.2 Å². The summed E-state index contributed by atoms with van der Waals surface area (Å²) in [7, 11) is -4.79. The number of aromatic carboxylic acids is 1. The maximum atomic E-state index is 14.6. The van der Waals surface area contributed by atoms with Gasteiger partial charge in [-0.1, -0.05) is 43.5 Å². The molecule has 14 heteroatoms. The molecule has 0 unspecified atom stereocenters. The molecule has 0 aliphatic heterocycles. The number of hydrogen-bond acceptors (Lipinski definition) is 5. The molecule has 4 rings (SSSR count). The van der Waals surface area contributed by atoms with Crippen molar-refractivity contribution in [2.45, 2.75) is 68.8 Å². The summed E-state index contributed by atoms with van der Waals surface area (Å²) in [5.41, 5.74) is -1.11. The van der Waals surface area contributed by atoms with Crippen LogP contribution in [0.15, 0.2) is 47.4 Å². The summed E-state index contributed by atoms with van der Waals surface area (Å²) in [6.45, 7) is 1.89. The quantitative estimate of drug-likeness (QED) is 0.155. The number of carbonyl (C=O) groups is 2. The molecule has 8 nitrogen and oxygen atoms in total. The second kappa shape index (κ2) is 12.8.